The highest BCUT2D eigenvalue weighted by Crippen LogP contribution is 2.27. The van der Waals surface area contributed by atoms with Gasteiger partial charge in [0.2, 0.25) is 0 Å². The van der Waals surface area contributed by atoms with Crippen LogP contribution >= 0.6 is 0 Å². The van der Waals surface area contributed by atoms with Gasteiger partial charge in [-0.05, 0) is 31.6 Å². The molecule has 1 amide bonds. The van der Waals surface area contributed by atoms with E-state index < -0.39 is 6.09 Å². The van der Waals surface area contributed by atoms with Crippen molar-refractivity contribution in [3.63, 3.8) is 0 Å². The van der Waals surface area contributed by atoms with Crippen LogP contribution in [-0.2, 0) is 4.74 Å². The quantitative estimate of drug-likeness (QED) is 0.691. The first-order valence-corrected chi connectivity index (χ1v) is 4.68. The summed E-state index contributed by atoms with van der Waals surface area (Å²) >= 11 is 0. The largest absolute Gasteiger partial charge is 0.446 e. The maximum absolute atomic E-state index is 10.4. The van der Waals surface area contributed by atoms with E-state index in [-0.39, 0.29) is 6.10 Å². The first kappa shape index (κ1) is 9.36. The number of carbonyl (C=O) groups excluding carboxylic acids is 1. The maximum atomic E-state index is 10.4. The Hall–Kier alpha value is -0.730. The van der Waals surface area contributed by atoms with Crippen LogP contribution in [0.3, 0.4) is 0 Å². The molecule has 3 nitrogen and oxygen atoms in total. The van der Waals surface area contributed by atoms with Crippen molar-refractivity contribution in [3.8, 4) is 0 Å². The van der Waals surface area contributed by atoms with Crippen molar-refractivity contribution in [2.45, 2.75) is 45.1 Å². The van der Waals surface area contributed by atoms with E-state index in [4.69, 9.17) is 10.5 Å². The van der Waals surface area contributed by atoms with Crippen LogP contribution in [-0.4, -0.2) is 12.2 Å². The van der Waals surface area contributed by atoms with Crippen LogP contribution in [0, 0.1) is 5.92 Å². The molecular formula is C9H17NO2. The Kier molecular flexibility index (Phi) is 3.38. The lowest BCUT2D eigenvalue weighted by Gasteiger charge is -2.26. The smallest absolute Gasteiger partial charge is 0.404 e. The summed E-state index contributed by atoms with van der Waals surface area (Å²) in [6.07, 6.45) is 5.02. The zero-order valence-electron chi connectivity index (χ0n) is 7.58. The number of carbonyl (C=O) groups is 1. The van der Waals surface area contributed by atoms with Crippen molar-refractivity contribution < 1.29 is 9.53 Å². The standard InChI is InChI=1S/C9H17NO2/c1-2-7-3-5-8(6-4-7)12-9(10)11/h7-8H,2-6H2,1H3,(H2,10,11). The fraction of sp³-hybridized carbons (Fsp3) is 0.889. The summed E-state index contributed by atoms with van der Waals surface area (Å²) in [7, 11) is 0. The Bertz CT molecular complexity index is 151. The summed E-state index contributed by atoms with van der Waals surface area (Å²) in [6.45, 7) is 2.21. The van der Waals surface area contributed by atoms with Crippen molar-refractivity contribution in [2.75, 3.05) is 0 Å². The summed E-state index contributed by atoms with van der Waals surface area (Å²) in [4.78, 5) is 10.4. The van der Waals surface area contributed by atoms with Crippen LogP contribution in [0.4, 0.5) is 4.79 Å². The van der Waals surface area contributed by atoms with Gasteiger partial charge in [0.15, 0.2) is 0 Å². The first-order valence-electron chi connectivity index (χ1n) is 4.68. The van der Waals surface area contributed by atoms with Crippen molar-refractivity contribution in [2.24, 2.45) is 11.7 Å². The average molecular weight is 171 g/mol. The van der Waals surface area contributed by atoms with Crippen LogP contribution in [0.2, 0.25) is 0 Å². The van der Waals surface area contributed by atoms with Gasteiger partial charge in [-0.25, -0.2) is 4.79 Å². The zero-order valence-corrected chi connectivity index (χ0v) is 7.58. The second kappa shape index (κ2) is 4.33. The number of hydrogen-bond acceptors (Lipinski definition) is 2. The highest BCUT2D eigenvalue weighted by molar-refractivity contribution is 5.64. The van der Waals surface area contributed by atoms with E-state index in [1.165, 1.54) is 19.3 Å². The molecule has 2 N–H and O–H groups in total. The van der Waals surface area contributed by atoms with Crippen LogP contribution in [0.15, 0.2) is 0 Å². The summed E-state index contributed by atoms with van der Waals surface area (Å²) in [5.41, 5.74) is 4.93. The minimum absolute atomic E-state index is 0.0882. The van der Waals surface area contributed by atoms with Crippen molar-refractivity contribution in [1.29, 1.82) is 0 Å². The number of ether oxygens (including phenoxy) is 1. The highest BCUT2D eigenvalue weighted by Gasteiger charge is 2.21. The van der Waals surface area contributed by atoms with Gasteiger partial charge >= 0.3 is 6.09 Å². The third-order valence-corrected chi connectivity index (χ3v) is 2.65. The minimum atomic E-state index is -0.630. The first-order chi connectivity index (χ1) is 5.72. The van der Waals surface area contributed by atoms with Crippen LogP contribution in [0.5, 0.6) is 0 Å². The van der Waals surface area contributed by atoms with E-state index in [1.54, 1.807) is 0 Å². The molecule has 0 saturated heterocycles. The fourth-order valence-corrected chi connectivity index (χ4v) is 1.82. The van der Waals surface area contributed by atoms with Gasteiger partial charge < -0.3 is 10.5 Å². The third-order valence-electron chi connectivity index (χ3n) is 2.65. The second-order valence-corrected chi connectivity index (χ2v) is 3.49. The normalized spacial score (nSPS) is 29.8. The summed E-state index contributed by atoms with van der Waals surface area (Å²) in [5.74, 6) is 0.831. The molecule has 0 aliphatic heterocycles. The molecule has 0 atom stereocenters. The third kappa shape index (κ3) is 2.72. The average Bonchev–Trinajstić information content (AvgIpc) is 2.05. The molecule has 3 heteroatoms. The molecule has 0 radical (unpaired) electrons. The monoisotopic (exact) mass is 171 g/mol. The van der Waals surface area contributed by atoms with Gasteiger partial charge in [-0.1, -0.05) is 13.3 Å². The molecule has 1 fully saturated rings. The molecule has 1 saturated carbocycles. The Morgan fingerprint density at radius 2 is 2.00 bits per heavy atom. The van der Waals surface area contributed by atoms with Crippen molar-refractivity contribution in [1.82, 2.24) is 0 Å². The van der Waals surface area contributed by atoms with E-state index in [0.717, 1.165) is 18.8 Å². The van der Waals surface area contributed by atoms with Gasteiger partial charge in [-0.3, -0.25) is 0 Å². The number of amides is 1. The molecule has 0 aromatic carbocycles. The highest BCUT2D eigenvalue weighted by atomic mass is 16.6. The Labute approximate surface area is 73.3 Å². The molecule has 1 aliphatic rings. The summed E-state index contributed by atoms with van der Waals surface area (Å²) in [5, 5.41) is 0. The van der Waals surface area contributed by atoms with Crippen molar-refractivity contribution in [3.05, 3.63) is 0 Å². The SMILES string of the molecule is CCC1CCC(OC(N)=O)CC1. The molecular weight excluding hydrogens is 154 g/mol. The number of nitrogens with two attached hydrogens (primary N) is 1. The van der Waals surface area contributed by atoms with Crippen LogP contribution in [0.25, 0.3) is 0 Å². The van der Waals surface area contributed by atoms with E-state index in [0.29, 0.717) is 0 Å². The Morgan fingerprint density at radius 3 is 2.42 bits per heavy atom. The maximum Gasteiger partial charge on any atom is 0.404 e. The summed E-state index contributed by atoms with van der Waals surface area (Å²) < 4.78 is 4.92. The van der Waals surface area contributed by atoms with Crippen LogP contribution in [0.1, 0.15) is 39.0 Å². The number of rotatable bonds is 2. The predicted molar refractivity (Wildman–Crippen MR) is 46.7 cm³/mol. The lowest BCUT2D eigenvalue weighted by Crippen LogP contribution is -2.26. The molecule has 0 spiro atoms. The molecule has 0 bridgehead atoms. The molecule has 0 aromatic heterocycles. The zero-order chi connectivity index (χ0) is 8.97. The second-order valence-electron chi connectivity index (χ2n) is 3.49. The molecule has 12 heavy (non-hydrogen) atoms. The Morgan fingerprint density at radius 1 is 1.42 bits per heavy atom. The molecule has 0 heterocycles. The van der Waals surface area contributed by atoms with Gasteiger partial charge in [0, 0.05) is 0 Å². The molecule has 1 rings (SSSR count). The van der Waals surface area contributed by atoms with E-state index in [1.807, 2.05) is 0 Å². The molecule has 0 aromatic rings. The number of hydrogen-bond donors (Lipinski definition) is 1. The molecule has 70 valence electrons. The minimum Gasteiger partial charge on any atom is -0.446 e. The lowest BCUT2D eigenvalue weighted by atomic mass is 9.86. The van der Waals surface area contributed by atoms with Crippen LogP contribution < -0.4 is 5.73 Å². The van der Waals surface area contributed by atoms with E-state index >= 15 is 0 Å². The van der Waals surface area contributed by atoms with Gasteiger partial charge in [0.1, 0.15) is 6.10 Å². The number of primary amides is 1. The van der Waals surface area contributed by atoms with E-state index in [2.05, 4.69) is 6.92 Å². The Balaban J connectivity index is 2.21. The summed E-state index contributed by atoms with van der Waals surface area (Å²) in [6, 6.07) is 0. The topological polar surface area (TPSA) is 52.3 Å². The van der Waals surface area contributed by atoms with E-state index in [9.17, 15) is 4.79 Å². The predicted octanol–water partition coefficient (Wildman–Crippen LogP) is 2.05. The fourth-order valence-electron chi connectivity index (χ4n) is 1.82. The van der Waals surface area contributed by atoms with Gasteiger partial charge in [0.25, 0.3) is 0 Å². The van der Waals surface area contributed by atoms with Gasteiger partial charge in [-0.15, -0.1) is 0 Å². The van der Waals surface area contributed by atoms with Crippen molar-refractivity contribution >= 4 is 6.09 Å². The molecule has 0 unspecified atom stereocenters. The van der Waals surface area contributed by atoms with Gasteiger partial charge in [0.05, 0.1) is 0 Å². The lowest BCUT2D eigenvalue weighted by molar-refractivity contribution is 0.0705. The van der Waals surface area contributed by atoms with Gasteiger partial charge in [-0.2, -0.15) is 0 Å². The molecule has 1 aliphatic carbocycles.